The van der Waals surface area contributed by atoms with Crippen molar-refractivity contribution >= 4 is 23.4 Å². The van der Waals surface area contributed by atoms with Gasteiger partial charge < -0.3 is 10.1 Å². The molecule has 1 fully saturated rings. The van der Waals surface area contributed by atoms with Gasteiger partial charge in [0.2, 0.25) is 0 Å². The highest BCUT2D eigenvalue weighted by Crippen LogP contribution is 2.41. The summed E-state index contributed by atoms with van der Waals surface area (Å²) < 4.78 is 20.9. The number of carbonyl (C=O) groups excluding carboxylic acids is 2. The van der Waals surface area contributed by atoms with E-state index in [4.69, 9.17) is 4.74 Å². The van der Waals surface area contributed by atoms with E-state index in [0.717, 1.165) is 24.6 Å². The van der Waals surface area contributed by atoms with Crippen LogP contribution in [0.25, 0.3) is 0 Å². The molecule has 0 saturated heterocycles. The summed E-state index contributed by atoms with van der Waals surface area (Å²) in [6.07, 6.45) is 1.46. The van der Waals surface area contributed by atoms with Gasteiger partial charge in [0.15, 0.2) is 5.69 Å². The second-order valence-electron chi connectivity index (χ2n) is 9.58. The number of halogens is 1. The standard InChI is InChI=1S/C22H29FN4O3/c1-21(2,3)27-18(13-7-8-13)12-17(26-27)19(28)24-16-11-14(23)9-10-15(16)25-20(29)30-22(4,5)6/h9-13H,7-8H2,1-6H3,(H,24,28)(H,25,29). The zero-order chi connectivity index (χ0) is 22.3. The van der Waals surface area contributed by atoms with Crippen LogP contribution in [0.4, 0.5) is 20.6 Å². The van der Waals surface area contributed by atoms with Crippen molar-refractivity contribution in [3.63, 3.8) is 0 Å². The monoisotopic (exact) mass is 416 g/mol. The number of nitrogens with one attached hydrogen (secondary N) is 2. The summed E-state index contributed by atoms with van der Waals surface area (Å²) in [4.78, 5) is 25.0. The molecule has 1 aliphatic rings. The Bertz CT molecular complexity index is 966. The van der Waals surface area contributed by atoms with Crippen molar-refractivity contribution in [2.75, 3.05) is 10.6 Å². The molecule has 0 aliphatic heterocycles. The van der Waals surface area contributed by atoms with Crippen molar-refractivity contribution in [2.24, 2.45) is 0 Å². The van der Waals surface area contributed by atoms with Crippen LogP contribution < -0.4 is 10.6 Å². The van der Waals surface area contributed by atoms with Crippen LogP contribution in [0.2, 0.25) is 0 Å². The van der Waals surface area contributed by atoms with E-state index in [0.29, 0.717) is 5.92 Å². The normalized spacial score (nSPS) is 14.4. The Labute approximate surface area is 176 Å². The summed E-state index contributed by atoms with van der Waals surface area (Å²) in [5, 5.41) is 9.71. The fourth-order valence-electron chi connectivity index (χ4n) is 3.04. The first kappa shape index (κ1) is 21.8. The smallest absolute Gasteiger partial charge is 0.412 e. The minimum atomic E-state index is -0.697. The first-order valence-electron chi connectivity index (χ1n) is 10.0. The van der Waals surface area contributed by atoms with Gasteiger partial charge in [0.25, 0.3) is 5.91 Å². The number of anilines is 2. The average Bonchev–Trinajstić information content (AvgIpc) is 3.32. The fraction of sp³-hybridized carbons (Fsp3) is 0.500. The lowest BCUT2D eigenvalue weighted by molar-refractivity contribution is 0.0635. The van der Waals surface area contributed by atoms with E-state index in [-0.39, 0.29) is 22.6 Å². The molecule has 1 aromatic carbocycles. The van der Waals surface area contributed by atoms with Gasteiger partial charge >= 0.3 is 6.09 Å². The Morgan fingerprint density at radius 2 is 1.73 bits per heavy atom. The van der Waals surface area contributed by atoms with Gasteiger partial charge in [0, 0.05) is 11.6 Å². The van der Waals surface area contributed by atoms with Crippen LogP contribution in [-0.2, 0) is 10.3 Å². The van der Waals surface area contributed by atoms with Gasteiger partial charge in [-0.3, -0.25) is 14.8 Å². The number of aromatic nitrogens is 2. The molecule has 2 amide bonds. The minimum Gasteiger partial charge on any atom is -0.444 e. The molecule has 1 heterocycles. The van der Waals surface area contributed by atoms with E-state index in [1.807, 2.05) is 25.5 Å². The lowest BCUT2D eigenvalue weighted by Gasteiger charge is -2.22. The summed E-state index contributed by atoms with van der Waals surface area (Å²) in [5.41, 5.74) is 0.685. The van der Waals surface area contributed by atoms with Gasteiger partial charge in [-0.2, -0.15) is 5.10 Å². The minimum absolute atomic E-state index is 0.129. The molecule has 8 heteroatoms. The Hall–Kier alpha value is -2.90. The van der Waals surface area contributed by atoms with Crippen LogP contribution in [0.5, 0.6) is 0 Å². The molecule has 0 bridgehead atoms. The molecular weight excluding hydrogens is 387 g/mol. The van der Waals surface area contributed by atoms with E-state index in [2.05, 4.69) is 15.7 Å². The largest absolute Gasteiger partial charge is 0.444 e. The van der Waals surface area contributed by atoms with Crippen molar-refractivity contribution in [2.45, 2.75) is 71.4 Å². The Morgan fingerprint density at radius 1 is 1.07 bits per heavy atom. The molecule has 2 aromatic rings. The van der Waals surface area contributed by atoms with E-state index >= 15 is 0 Å². The highest BCUT2D eigenvalue weighted by atomic mass is 19.1. The molecule has 1 saturated carbocycles. The maximum Gasteiger partial charge on any atom is 0.412 e. The number of ether oxygens (including phenoxy) is 1. The zero-order valence-electron chi connectivity index (χ0n) is 18.3. The Morgan fingerprint density at radius 3 is 2.30 bits per heavy atom. The molecule has 3 rings (SSSR count). The SMILES string of the molecule is CC(C)(C)OC(=O)Nc1ccc(F)cc1NC(=O)c1cc(C2CC2)n(C(C)(C)C)n1. The molecule has 0 spiro atoms. The molecular formula is C22H29FN4O3. The number of rotatable bonds is 4. The summed E-state index contributed by atoms with van der Waals surface area (Å²) in [6.45, 7) is 11.3. The molecule has 0 radical (unpaired) electrons. The maximum atomic E-state index is 13.8. The quantitative estimate of drug-likeness (QED) is 0.712. The first-order valence-corrected chi connectivity index (χ1v) is 10.0. The topological polar surface area (TPSA) is 85.3 Å². The Balaban J connectivity index is 1.83. The second-order valence-corrected chi connectivity index (χ2v) is 9.58. The predicted molar refractivity (Wildman–Crippen MR) is 113 cm³/mol. The summed E-state index contributed by atoms with van der Waals surface area (Å²) >= 11 is 0. The van der Waals surface area contributed by atoms with Gasteiger partial charge in [-0.05, 0) is 78.6 Å². The first-order chi connectivity index (χ1) is 13.8. The van der Waals surface area contributed by atoms with Crippen molar-refractivity contribution in [1.29, 1.82) is 0 Å². The van der Waals surface area contributed by atoms with E-state index in [9.17, 15) is 14.0 Å². The van der Waals surface area contributed by atoms with Crippen molar-refractivity contribution in [1.82, 2.24) is 9.78 Å². The predicted octanol–water partition coefficient (Wildman–Crippen LogP) is 5.25. The maximum absolute atomic E-state index is 13.8. The number of nitrogens with zero attached hydrogens (tertiary/aromatic N) is 2. The highest BCUT2D eigenvalue weighted by Gasteiger charge is 2.32. The summed E-state index contributed by atoms with van der Waals surface area (Å²) in [6, 6.07) is 5.51. The lowest BCUT2D eigenvalue weighted by atomic mass is 10.1. The van der Waals surface area contributed by atoms with Crippen LogP contribution >= 0.6 is 0 Å². The Kier molecular flexibility index (Phi) is 5.62. The zero-order valence-corrected chi connectivity index (χ0v) is 18.3. The van der Waals surface area contributed by atoms with Crippen molar-refractivity contribution in [3.8, 4) is 0 Å². The van der Waals surface area contributed by atoms with Crippen molar-refractivity contribution < 1.29 is 18.7 Å². The number of carbonyl (C=O) groups is 2. The molecule has 162 valence electrons. The number of hydrogen-bond acceptors (Lipinski definition) is 4. The highest BCUT2D eigenvalue weighted by molar-refractivity contribution is 6.05. The molecule has 2 N–H and O–H groups in total. The molecule has 1 aliphatic carbocycles. The van der Waals surface area contributed by atoms with Crippen LogP contribution in [0.15, 0.2) is 24.3 Å². The average molecular weight is 416 g/mol. The summed E-state index contributed by atoms with van der Waals surface area (Å²) in [5.74, 6) is -0.603. The molecule has 1 aromatic heterocycles. The van der Waals surface area contributed by atoms with Gasteiger partial charge in [-0.15, -0.1) is 0 Å². The number of hydrogen-bond donors (Lipinski definition) is 2. The third-order valence-corrected chi connectivity index (χ3v) is 4.47. The lowest BCUT2D eigenvalue weighted by Crippen LogP contribution is -2.28. The molecule has 7 nitrogen and oxygen atoms in total. The third-order valence-electron chi connectivity index (χ3n) is 4.47. The van der Waals surface area contributed by atoms with Crippen LogP contribution in [0.1, 0.15) is 76.5 Å². The van der Waals surface area contributed by atoms with Gasteiger partial charge in [-0.1, -0.05) is 0 Å². The van der Waals surface area contributed by atoms with E-state index in [1.54, 1.807) is 26.8 Å². The van der Waals surface area contributed by atoms with Gasteiger partial charge in [-0.25, -0.2) is 9.18 Å². The summed E-state index contributed by atoms with van der Waals surface area (Å²) in [7, 11) is 0. The molecule has 30 heavy (non-hydrogen) atoms. The molecule has 0 unspecified atom stereocenters. The van der Waals surface area contributed by atoms with Crippen LogP contribution in [0.3, 0.4) is 0 Å². The van der Waals surface area contributed by atoms with Crippen LogP contribution in [-0.4, -0.2) is 27.4 Å². The van der Waals surface area contributed by atoms with E-state index < -0.39 is 23.4 Å². The van der Waals surface area contributed by atoms with Gasteiger partial charge in [0.05, 0.1) is 16.9 Å². The van der Waals surface area contributed by atoms with E-state index in [1.165, 1.54) is 12.1 Å². The second kappa shape index (κ2) is 7.74. The van der Waals surface area contributed by atoms with Crippen molar-refractivity contribution in [3.05, 3.63) is 41.5 Å². The van der Waals surface area contributed by atoms with Gasteiger partial charge in [0.1, 0.15) is 11.4 Å². The number of amides is 2. The fourth-order valence-corrected chi connectivity index (χ4v) is 3.04. The number of benzene rings is 1. The van der Waals surface area contributed by atoms with Crippen LogP contribution in [0, 0.1) is 5.82 Å². The third kappa shape index (κ3) is 5.37. The molecule has 0 atom stereocenters.